The maximum atomic E-state index is 5.75. The zero-order chi connectivity index (χ0) is 10.2. The van der Waals surface area contributed by atoms with Crippen LogP contribution in [0.25, 0.3) is 0 Å². The number of anilines is 1. The van der Waals surface area contributed by atoms with Gasteiger partial charge in [-0.1, -0.05) is 0 Å². The van der Waals surface area contributed by atoms with Gasteiger partial charge in [0.1, 0.15) is 0 Å². The fourth-order valence-corrected chi connectivity index (χ4v) is 1.94. The number of rotatable bonds is 6. The number of nitrogen functional groups attached to an aromatic ring is 1. The lowest BCUT2D eigenvalue weighted by molar-refractivity contribution is 0.634. The molecule has 3 heteroatoms. The highest BCUT2D eigenvalue weighted by Crippen LogP contribution is 2.17. The fourth-order valence-electron chi connectivity index (χ4n) is 1.17. The first-order valence-electron chi connectivity index (χ1n) is 4.80. The molecule has 0 aliphatic heterocycles. The van der Waals surface area contributed by atoms with Crippen LogP contribution < -0.4 is 11.1 Å². The molecule has 1 aromatic rings. The largest absolute Gasteiger partial charge is 0.398 e. The Morgan fingerprint density at radius 3 is 3.00 bits per heavy atom. The van der Waals surface area contributed by atoms with E-state index >= 15 is 0 Å². The zero-order valence-electron chi connectivity index (χ0n) is 8.25. The minimum Gasteiger partial charge on any atom is -0.398 e. The van der Waals surface area contributed by atoms with Gasteiger partial charge >= 0.3 is 0 Å². The van der Waals surface area contributed by atoms with Crippen LogP contribution in [0.4, 0.5) is 5.69 Å². The highest BCUT2D eigenvalue weighted by molar-refractivity contribution is 7.10. The predicted molar refractivity (Wildman–Crippen MR) is 63.1 cm³/mol. The van der Waals surface area contributed by atoms with Gasteiger partial charge in [-0.3, -0.25) is 0 Å². The number of hydrogen-bond donors (Lipinski definition) is 2. The van der Waals surface area contributed by atoms with Crippen LogP contribution in [0.2, 0.25) is 0 Å². The Balaban J connectivity index is 2.05. The number of unbranched alkanes of at least 4 members (excludes halogenated alkanes) is 2. The molecule has 0 aliphatic carbocycles. The SMILES string of the molecule is C#CCCCCNCc1sccc1N. The van der Waals surface area contributed by atoms with Gasteiger partial charge in [0.2, 0.25) is 0 Å². The fraction of sp³-hybridized carbons (Fsp3) is 0.455. The van der Waals surface area contributed by atoms with Gasteiger partial charge in [-0.15, -0.1) is 23.7 Å². The van der Waals surface area contributed by atoms with Crippen molar-refractivity contribution in [2.45, 2.75) is 25.8 Å². The maximum absolute atomic E-state index is 5.75. The molecule has 0 unspecified atom stereocenters. The topological polar surface area (TPSA) is 38.0 Å². The molecule has 0 aromatic carbocycles. The molecule has 0 atom stereocenters. The molecule has 2 nitrogen and oxygen atoms in total. The van der Waals surface area contributed by atoms with Crippen LogP contribution in [0.15, 0.2) is 11.4 Å². The van der Waals surface area contributed by atoms with Crippen molar-refractivity contribution in [3.05, 3.63) is 16.3 Å². The van der Waals surface area contributed by atoms with Crippen molar-refractivity contribution in [2.24, 2.45) is 0 Å². The molecule has 76 valence electrons. The van der Waals surface area contributed by atoms with E-state index in [-0.39, 0.29) is 0 Å². The zero-order valence-corrected chi connectivity index (χ0v) is 9.07. The Morgan fingerprint density at radius 2 is 2.36 bits per heavy atom. The summed E-state index contributed by atoms with van der Waals surface area (Å²) in [4.78, 5) is 1.22. The quantitative estimate of drug-likeness (QED) is 0.556. The highest BCUT2D eigenvalue weighted by Gasteiger charge is 1.98. The van der Waals surface area contributed by atoms with Gasteiger partial charge in [-0.2, -0.15) is 0 Å². The third-order valence-electron chi connectivity index (χ3n) is 1.99. The number of hydrogen-bond acceptors (Lipinski definition) is 3. The van der Waals surface area contributed by atoms with Crippen LogP contribution in [-0.4, -0.2) is 6.54 Å². The summed E-state index contributed by atoms with van der Waals surface area (Å²) in [6.07, 6.45) is 8.27. The van der Waals surface area contributed by atoms with E-state index in [2.05, 4.69) is 11.2 Å². The van der Waals surface area contributed by atoms with Crippen molar-refractivity contribution in [1.82, 2.24) is 5.32 Å². The van der Waals surface area contributed by atoms with Gasteiger partial charge in [0.05, 0.1) is 0 Å². The van der Waals surface area contributed by atoms with Gasteiger partial charge in [-0.05, 0) is 30.8 Å². The first-order valence-corrected chi connectivity index (χ1v) is 5.68. The van der Waals surface area contributed by atoms with Gasteiger partial charge in [-0.25, -0.2) is 0 Å². The molecule has 0 bridgehead atoms. The molecule has 0 amide bonds. The summed E-state index contributed by atoms with van der Waals surface area (Å²) in [5.74, 6) is 2.64. The Bertz CT molecular complexity index is 298. The van der Waals surface area contributed by atoms with Gasteiger partial charge < -0.3 is 11.1 Å². The number of nitrogens with one attached hydrogen (secondary N) is 1. The van der Waals surface area contributed by atoms with Crippen LogP contribution in [-0.2, 0) is 6.54 Å². The first-order chi connectivity index (χ1) is 6.84. The first kappa shape index (κ1) is 11.1. The number of thiophene rings is 1. The van der Waals surface area contributed by atoms with E-state index < -0.39 is 0 Å². The van der Waals surface area contributed by atoms with Crippen molar-refractivity contribution < 1.29 is 0 Å². The molecule has 0 saturated heterocycles. The average Bonchev–Trinajstić information content (AvgIpc) is 2.58. The summed E-state index contributed by atoms with van der Waals surface area (Å²) in [6, 6.07) is 1.94. The molecule has 3 N–H and O–H groups in total. The lowest BCUT2D eigenvalue weighted by atomic mass is 10.2. The van der Waals surface area contributed by atoms with Gasteiger partial charge in [0.15, 0.2) is 0 Å². The second-order valence-electron chi connectivity index (χ2n) is 3.14. The Labute approximate surface area is 89.5 Å². The molecule has 0 aliphatic rings. The number of nitrogens with two attached hydrogens (primary N) is 1. The Hall–Kier alpha value is -0.980. The molecule has 1 aromatic heterocycles. The molecular formula is C11H16N2S. The van der Waals surface area contributed by atoms with E-state index in [1.165, 1.54) is 4.88 Å². The van der Waals surface area contributed by atoms with Gasteiger partial charge in [0, 0.05) is 23.5 Å². The van der Waals surface area contributed by atoms with Crippen LogP contribution >= 0.6 is 11.3 Å². The Morgan fingerprint density at radius 1 is 1.50 bits per heavy atom. The molecule has 1 rings (SSSR count). The molecular weight excluding hydrogens is 192 g/mol. The lowest BCUT2D eigenvalue weighted by Gasteiger charge is -2.02. The van der Waals surface area contributed by atoms with E-state index in [1.807, 2.05) is 11.4 Å². The summed E-state index contributed by atoms with van der Waals surface area (Å²) < 4.78 is 0. The van der Waals surface area contributed by atoms with E-state index in [9.17, 15) is 0 Å². The van der Waals surface area contributed by atoms with Crippen molar-refractivity contribution in [2.75, 3.05) is 12.3 Å². The number of terminal acetylenes is 1. The van der Waals surface area contributed by atoms with Crippen molar-refractivity contribution >= 4 is 17.0 Å². The molecule has 0 saturated carbocycles. The second kappa shape index (κ2) is 6.47. The average molecular weight is 208 g/mol. The normalized spacial score (nSPS) is 9.93. The summed E-state index contributed by atoms with van der Waals surface area (Å²) in [5.41, 5.74) is 6.64. The summed E-state index contributed by atoms with van der Waals surface area (Å²) in [6.45, 7) is 1.89. The standard InChI is InChI=1S/C11H16N2S/c1-2-3-4-5-7-13-9-11-10(12)6-8-14-11/h1,6,8,13H,3-5,7,9,12H2. The molecule has 0 radical (unpaired) electrons. The Kier molecular flexibility index (Phi) is 5.13. The van der Waals surface area contributed by atoms with E-state index in [0.29, 0.717) is 0 Å². The minimum atomic E-state index is 0.875. The third-order valence-corrected chi connectivity index (χ3v) is 2.93. The smallest absolute Gasteiger partial charge is 0.0468 e. The highest BCUT2D eigenvalue weighted by atomic mass is 32.1. The van der Waals surface area contributed by atoms with Crippen LogP contribution in [0, 0.1) is 12.3 Å². The summed E-state index contributed by atoms with van der Waals surface area (Å²) in [5, 5.41) is 5.37. The predicted octanol–water partition coefficient (Wildman–Crippen LogP) is 2.22. The molecule has 0 spiro atoms. The van der Waals surface area contributed by atoms with Crippen LogP contribution in [0.3, 0.4) is 0 Å². The maximum Gasteiger partial charge on any atom is 0.0468 e. The monoisotopic (exact) mass is 208 g/mol. The van der Waals surface area contributed by atoms with Crippen LogP contribution in [0.1, 0.15) is 24.1 Å². The molecule has 0 fully saturated rings. The summed E-state index contributed by atoms with van der Waals surface area (Å²) in [7, 11) is 0. The lowest BCUT2D eigenvalue weighted by Crippen LogP contribution is -2.14. The van der Waals surface area contributed by atoms with Crippen molar-refractivity contribution in [3.63, 3.8) is 0 Å². The van der Waals surface area contributed by atoms with Crippen molar-refractivity contribution in [3.8, 4) is 12.3 Å². The molecule has 1 heterocycles. The van der Waals surface area contributed by atoms with E-state index in [0.717, 1.165) is 38.0 Å². The van der Waals surface area contributed by atoms with Gasteiger partial charge in [0.25, 0.3) is 0 Å². The minimum absolute atomic E-state index is 0.875. The van der Waals surface area contributed by atoms with Crippen molar-refractivity contribution in [1.29, 1.82) is 0 Å². The molecule has 14 heavy (non-hydrogen) atoms. The van der Waals surface area contributed by atoms with E-state index in [1.54, 1.807) is 11.3 Å². The summed E-state index contributed by atoms with van der Waals surface area (Å²) >= 11 is 1.70. The third kappa shape index (κ3) is 3.82. The van der Waals surface area contributed by atoms with Crippen LogP contribution in [0.5, 0.6) is 0 Å². The van der Waals surface area contributed by atoms with E-state index in [4.69, 9.17) is 12.2 Å². The second-order valence-corrected chi connectivity index (χ2v) is 4.14.